The Morgan fingerprint density at radius 2 is 1.77 bits per heavy atom. The molecule has 57 heavy (non-hydrogen) atoms. The summed E-state index contributed by atoms with van der Waals surface area (Å²) in [6.45, 7) is 9.95. The Hall–Kier alpha value is -3.61. The fourth-order valence-electron chi connectivity index (χ4n) is 7.85. The van der Waals surface area contributed by atoms with Crippen LogP contribution in [0.25, 0.3) is 0 Å². The van der Waals surface area contributed by atoms with Crippen LogP contribution in [0.2, 0.25) is 0 Å². The second-order valence-electron chi connectivity index (χ2n) is 15.8. The number of Topliss-reactive ketones (excluding diaryl/α,β-unsaturated/α-hetero) is 1. The van der Waals surface area contributed by atoms with Crippen molar-refractivity contribution in [2.45, 2.75) is 109 Å². The fourth-order valence-corrected chi connectivity index (χ4v) is 9.27. The number of rotatable bonds is 20. The van der Waals surface area contributed by atoms with Crippen molar-refractivity contribution in [1.82, 2.24) is 30.1 Å². The van der Waals surface area contributed by atoms with Crippen molar-refractivity contribution in [3.05, 3.63) is 52.0 Å². The van der Waals surface area contributed by atoms with Gasteiger partial charge in [-0.2, -0.15) is 13.2 Å². The number of aromatic nitrogens is 1. The van der Waals surface area contributed by atoms with E-state index in [-0.39, 0.29) is 60.0 Å². The molecule has 2 saturated heterocycles. The number of hydrogen-bond acceptors (Lipinski definition) is 10. The van der Waals surface area contributed by atoms with Gasteiger partial charge in [0.05, 0.1) is 5.54 Å². The average molecular weight is 843 g/mol. The predicted molar refractivity (Wildman–Crippen MR) is 211 cm³/mol. The molecule has 1 aromatic heterocycles. The third kappa shape index (κ3) is 11.3. The van der Waals surface area contributed by atoms with Crippen molar-refractivity contribution >= 4 is 45.1 Å². The van der Waals surface area contributed by atoms with E-state index in [0.717, 1.165) is 37.1 Å². The van der Waals surface area contributed by atoms with E-state index >= 15 is 0 Å². The van der Waals surface area contributed by atoms with Crippen LogP contribution in [0.1, 0.15) is 100 Å². The molecule has 0 radical (unpaired) electrons. The smallest absolute Gasteiger partial charge is 0.439 e. The lowest BCUT2D eigenvalue weighted by atomic mass is 9.59. The third-order valence-corrected chi connectivity index (χ3v) is 13.7. The van der Waals surface area contributed by atoms with Gasteiger partial charge in [-0.3, -0.25) is 19.3 Å². The van der Waals surface area contributed by atoms with E-state index in [9.17, 15) is 40.8 Å². The van der Waals surface area contributed by atoms with Gasteiger partial charge in [0.25, 0.3) is 5.91 Å². The Labute approximate surface area is 337 Å². The minimum Gasteiger partial charge on any atom is -0.439 e. The van der Waals surface area contributed by atoms with Gasteiger partial charge < -0.3 is 20.3 Å². The van der Waals surface area contributed by atoms with Crippen molar-refractivity contribution in [3.8, 4) is 0 Å². The molecule has 1 aliphatic carbocycles. The van der Waals surface area contributed by atoms with Crippen molar-refractivity contribution < 1.29 is 45.5 Å². The Kier molecular flexibility index (Phi) is 15.7. The van der Waals surface area contributed by atoms with E-state index in [2.05, 4.69) is 20.5 Å². The van der Waals surface area contributed by atoms with E-state index in [0.29, 0.717) is 17.9 Å². The number of carbonyl (C=O) groups is 4. The predicted octanol–water partition coefficient (Wildman–Crippen LogP) is 5.69. The van der Waals surface area contributed by atoms with Crippen molar-refractivity contribution in [2.24, 2.45) is 23.7 Å². The maximum atomic E-state index is 14.4. The quantitative estimate of drug-likeness (QED) is 0.152. The van der Waals surface area contributed by atoms with Crippen LogP contribution in [0.5, 0.6) is 0 Å². The first-order chi connectivity index (χ1) is 26.7. The summed E-state index contributed by atoms with van der Waals surface area (Å²) in [6.07, 6.45) is 1.91. The highest BCUT2D eigenvalue weighted by molar-refractivity contribution is 7.90. The number of piperidine rings is 2. The Morgan fingerprint density at radius 1 is 1.11 bits per heavy atom. The van der Waals surface area contributed by atoms with Gasteiger partial charge in [0, 0.05) is 56.4 Å². The van der Waals surface area contributed by atoms with Crippen LogP contribution in [-0.4, -0.2) is 104 Å². The van der Waals surface area contributed by atoms with Crippen LogP contribution in [0.4, 0.5) is 18.0 Å². The van der Waals surface area contributed by atoms with Crippen molar-refractivity contribution in [3.63, 3.8) is 0 Å². The molecule has 3 heterocycles. The van der Waals surface area contributed by atoms with Crippen LogP contribution < -0.4 is 15.4 Å². The minimum atomic E-state index is -5.68. The first-order valence-corrected chi connectivity index (χ1v) is 21.9. The standard InChI is InChI=1S/C39H57F3N6O7S2/c1-8-25(5)29(18-33(49)38-20-27(21-38)15-16-47(38)6)36(51)48(7)31(24(3)4)19-32(55-37(52)43-9-2)35-46-30(23-56-35)34(50)45-28(17-26-13-11-10-12-14-26)22-44-57(53,54)39(40,41)42/h10-14,23-25,27-29,31-32,44H,8-9,15-22H2,1-7H3,(H,43,52)(H,45,50)/t25-,27?,28-,29-,31+,32+,38?/m0/s1. The first kappa shape index (κ1) is 46.1. The fraction of sp³-hybridized carbons (Fsp3) is 0.667. The number of benzene rings is 1. The summed E-state index contributed by atoms with van der Waals surface area (Å²) >= 11 is 1.03. The van der Waals surface area contributed by atoms with Crippen LogP contribution >= 0.6 is 11.3 Å². The van der Waals surface area contributed by atoms with Gasteiger partial charge in [-0.05, 0) is 69.5 Å². The van der Waals surface area contributed by atoms with Crippen LogP contribution in [0.15, 0.2) is 35.7 Å². The molecular formula is C39H57F3N6O7S2. The number of halogens is 3. The molecule has 5 atom stereocenters. The maximum absolute atomic E-state index is 14.4. The highest BCUT2D eigenvalue weighted by Gasteiger charge is 2.55. The largest absolute Gasteiger partial charge is 0.511 e. The number of nitrogens with zero attached hydrogens (tertiary/aromatic N) is 3. The molecule has 3 amide bonds. The Balaban J connectivity index is 1.55. The van der Waals surface area contributed by atoms with Gasteiger partial charge in [0.2, 0.25) is 5.91 Å². The molecule has 2 aliphatic heterocycles. The summed E-state index contributed by atoms with van der Waals surface area (Å²) in [5.41, 5.74) is -5.53. The average Bonchev–Trinajstić information content (AvgIpc) is 3.64. The Bertz CT molecular complexity index is 1800. The SMILES string of the molecule is CCNC(=O)O[C@H](C[C@H](C(C)C)N(C)C(=O)[C@@H](CC(=O)C12CC(CCN1C)C2)[C@@H](C)CC)c1nc(C(=O)N[C@H](CNS(=O)(=O)C(F)(F)F)Cc2ccccc2)cs1. The number of amides is 3. The monoisotopic (exact) mass is 842 g/mol. The topological polar surface area (TPSA) is 167 Å². The van der Waals surface area contributed by atoms with E-state index in [1.54, 1.807) is 49.2 Å². The Morgan fingerprint density at radius 3 is 2.35 bits per heavy atom. The van der Waals surface area contributed by atoms with Gasteiger partial charge in [-0.1, -0.05) is 64.4 Å². The van der Waals surface area contributed by atoms with Gasteiger partial charge >= 0.3 is 21.6 Å². The number of alkyl halides is 3. The summed E-state index contributed by atoms with van der Waals surface area (Å²) in [5, 5.41) is 6.84. The van der Waals surface area contributed by atoms with Crippen molar-refractivity contribution in [2.75, 3.05) is 33.7 Å². The second-order valence-corrected chi connectivity index (χ2v) is 18.4. The molecule has 3 N–H and O–H groups in total. The minimum absolute atomic E-state index is 0.00471. The van der Waals surface area contributed by atoms with Gasteiger partial charge in [0.15, 0.2) is 11.9 Å². The zero-order valence-corrected chi connectivity index (χ0v) is 35.4. The van der Waals surface area contributed by atoms with E-state index in [1.807, 2.05) is 34.7 Å². The number of carbonyl (C=O) groups excluding carboxylic acids is 4. The first-order valence-electron chi connectivity index (χ1n) is 19.5. The lowest BCUT2D eigenvalue weighted by Crippen LogP contribution is -2.65. The molecule has 0 spiro atoms. The third-order valence-electron chi connectivity index (χ3n) is 11.6. The zero-order valence-electron chi connectivity index (χ0n) is 33.7. The molecule has 0 unspecified atom stereocenters. The number of sulfonamides is 1. The summed E-state index contributed by atoms with van der Waals surface area (Å²) in [4.78, 5) is 62.9. The van der Waals surface area contributed by atoms with Crippen LogP contribution in [0.3, 0.4) is 0 Å². The van der Waals surface area contributed by atoms with Gasteiger partial charge in [-0.25, -0.2) is 22.9 Å². The molecule has 13 nitrogen and oxygen atoms in total. The number of alkyl carbamates (subject to hydrolysis) is 1. The van der Waals surface area contributed by atoms with E-state index in [1.165, 1.54) is 10.1 Å². The normalized spacial score (nSPS) is 21.1. The molecule has 18 heteroatoms. The van der Waals surface area contributed by atoms with Gasteiger partial charge in [0.1, 0.15) is 10.7 Å². The zero-order chi connectivity index (χ0) is 42.3. The summed E-state index contributed by atoms with van der Waals surface area (Å²) in [7, 11) is -2.00. The van der Waals surface area contributed by atoms with Gasteiger partial charge in [-0.15, -0.1) is 11.3 Å². The molecule has 5 rings (SSSR count). The number of likely N-dealkylation sites (N-methyl/N-ethyl adjacent to an activating group) is 1. The lowest BCUT2D eigenvalue weighted by molar-refractivity contribution is -0.153. The number of thiazole rings is 1. The highest BCUT2D eigenvalue weighted by Crippen LogP contribution is 2.49. The molecule has 318 valence electrons. The highest BCUT2D eigenvalue weighted by atomic mass is 32.2. The molecule has 3 fully saturated rings. The molecule has 2 aromatic rings. The van der Waals surface area contributed by atoms with E-state index in [4.69, 9.17) is 4.74 Å². The molecule has 3 aliphatic rings. The maximum Gasteiger partial charge on any atom is 0.511 e. The van der Waals surface area contributed by atoms with Crippen molar-refractivity contribution in [1.29, 1.82) is 0 Å². The van der Waals surface area contributed by atoms with Crippen LogP contribution in [-0.2, 0) is 30.8 Å². The number of hydrogen-bond donors (Lipinski definition) is 3. The molecule has 1 saturated carbocycles. The molecule has 1 aromatic carbocycles. The summed E-state index contributed by atoms with van der Waals surface area (Å²) < 4.78 is 70.2. The lowest BCUT2D eigenvalue weighted by Gasteiger charge is -2.57. The molecule has 2 bridgehead atoms. The van der Waals surface area contributed by atoms with Crippen LogP contribution in [0, 0.1) is 23.7 Å². The van der Waals surface area contributed by atoms with E-state index < -0.39 is 63.7 Å². The number of nitrogens with one attached hydrogen (secondary N) is 3. The summed E-state index contributed by atoms with van der Waals surface area (Å²) in [6, 6.07) is 6.94. The number of fused-ring (bicyclic) bond motifs is 2. The summed E-state index contributed by atoms with van der Waals surface area (Å²) in [5.74, 6) is -1.08. The second kappa shape index (κ2) is 19.4. The number of ketones is 1. The number of ether oxygens (including phenoxy) is 1. The molecular weight excluding hydrogens is 786 g/mol.